The zero-order valence-corrected chi connectivity index (χ0v) is 6.79. The van der Waals surface area contributed by atoms with Gasteiger partial charge in [-0.3, -0.25) is 5.41 Å². The first kappa shape index (κ1) is 7.10. The van der Waals surface area contributed by atoms with E-state index in [0.717, 1.165) is 16.9 Å². The van der Waals surface area contributed by atoms with E-state index in [1.54, 1.807) is 0 Å². The van der Waals surface area contributed by atoms with Crippen LogP contribution in [0.1, 0.15) is 12.5 Å². The Morgan fingerprint density at radius 3 is 2.83 bits per heavy atom. The molecule has 0 saturated carbocycles. The van der Waals surface area contributed by atoms with Crippen molar-refractivity contribution in [1.29, 1.82) is 5.41 Å². The first-order chi connectivity index (χ1) is 5.83. The second-order valence-electron chi connectivity index (χ2n) is 2.63. The van der Waals surface area contributed by atoms with E-state index in [1.807, 2.05) is 37.3 Å². The van der Waals surface area contributed by atoms with E-state index in [0.29, 0.717) is 0 Å². The predicted molar refractivity (Wildman–Crippen MR) is 48.4 cm³/mol. The average molecular weight is 159 g/mol. The van der Waals surface area contributed by atoms with Crippen molar-refractivity contribution in [2.75, 3.05) is 0 Å². The highest BCUT2D eigenvalue weighted by Crippen LogP contribution is 2.33. The fourth-order valence-electron chi connectivity index (χ4n) is 1.35. The molecule has 12 heavy (non-hydrogen) atoms. The van der Waals surface area contributed by atoms with Gasteiger partial charge in [-0.25, -0.2) is 0 Å². The van der Waals surface area contributed by atoms with Crippen LogP contribution in [-0.4, -0.2) is 5.90 Å². The van der Waals surface area contributed by atoms with Crippen LogP contribution in [-0.2, 0) is 0 Å². The first-order valence-electron chi connectivity index (χ1n) is 3.85. The second kappa shape index (κ2) is 2.48. The van der Waals surface area contributed by atoms with Crippen LogP contribution in [0.2, 0.25) is 0 Å². The van der Waals surface area contributed by atoms with Gasteiger partial charge in [0.05, 0.1) is 0 Å². The largest absolute Gasteiger partial charge is 0.438 e. The standard InChI is InChI=1S/C10H9NO/c1-2-7-8-5-3-4-6-9(8)12-10(7)11/h2-6,11H,1H3/b7-2-,11-10?. The molecule has 1 aliphatic rings. The molecule has 1 aromatic carbocycles. The number of rotatable bonds is 0. The van der Waals surface area contributed by atoms with Gasteiger partial charge in [0.1, 0.15) is 5.75 Å². The monoisotopic (exact) mass is 159 g/mol. The predicted octanol–water partition coefficient (Wildman–Crippen LogP) is 2.46. The zero-order valence-electron chi connectivity index (χ0n) is 6.79. The number of fused-ring (bicyclic) bond motifs is 1. The van der Waals surface area contributed by atoms with Crippen molar-refractivity contribution in [3.05, 3.63) is 35.9 Å². The average Bonchev–Trinajstić information content (AvgIpc) is 2.40. The van der Waals surface area contributed by atoms with Crippen LogP contribution >= 0.6 is 0 Å². The molecule has 0 spiro atoms. The lowest BCUT2D eigenvalue weighted by atomic mass is 10.1. The Morgan fingerprint density at radius 1 is 1.33 bits per heavy atom. The van der Waals surface area contributed by atoms with E-state index in [2.05, 4.69) is 0 Å². The summed E-state index contributed by atoms with van der Waals surface area (Å²) in [6.45, 7) is 1.91. The van der Waals surface area contributed by atoms with Gasteiger partial charge in [0.15, 0.2) is 0 Å². The van der Waals surface area contributed by atoms with Crippen molar-refractivity contribution in [3.8, 4) is 5.75 Å². The summed E-state index contributed by atoms with van der Waals surface area (Å²) in [5.41, 5.74) is 1.90. The van der Waals surface area contributed by atoms with Crippen molar-refractivity contribution in [2.24, 2.45) is 0 Å². The van der Waals surface area contributed by atoms with Crippen LogP contribution in [0.15, 0.2) is 30.3 Å². The molecule has 0 atom stereocenters. The Balaban J connectivity index is 2.62. The van der Waals surface area contributed by atoms with Crippen molar-refractivity contribution in [1.82, 2.24) is 0 Å². The number of ether oxygens (including phenoxy) is 1. The third-order valence-electron chi connectivity index (χ3n) is 1.92. The molecule has 0 aliphatic carbocycles. The number of para-hydroxylation sites is 1. The van der Waals surface area contributed by atoms with E-state index in [1.165, 1.54) is 0 Å². The third kappa shape index (κ3) is 0.848. The van der Waals surface area contributed by atoms with Crippen molar-refractivity contribution >= 4 is 11.5 Å². The minimum absolute atomic E-state index is 0.249. The molecule has 0 aromatic heterocycles. The van der Waals surface area contributed by atoms with E-state index in [-0.39, 0.29) is 5.90 Å². The molecule has 0 amide bonds. The molecule has 2 rings (SSSR count). The number of benzene rings is 1. The van der Waals surface area contributed by atoms with Crippen LogP contribution in [0.25, 0.3) is 5.57 Å². The second-order valence-corrected chi connectivity index (χ2v) is 2.63. The van der Waals surface area contributed by atoms with Gasteiger partial charge in [-0.2, -0.15) is 0 Å². The van der Waals surface area contributed by atoms with Crippen LogP contribution in [0, 0.1) is 5.41 Å². The lowest BCUT2D eigenvalue weighted by molar-refractivity contribution is 0.566. The van der Waals surface area contributed by atoms with E-state index < -0.39 is 0 Å². The number of nitrogens with one attached hydrogen (secondary N) is 1. The fourth-order valence-corrected chi connectivity index (χ4v) is 1.35. The molecule has 0 saturated heterocycles. The molecule has 1 N–H and O–H groups in total. The highest BCUT2D eigenvalue weighted by atomic mass is 16.5. The van der Waals surface area contributed by atoms with Gasteiger partial charge in [-0.15, -0.1) is 0 Å². The van der Waals surface area contributed by atoms with Crippen molar-refractivity contribution < 1.29 is 4.74 Å². The van der Waals surface area contributed by atoms with Gasteiger partial charge in [0.2, 0.25) is 5.90 Å². The number of allylic oxidation sites excluding steroid dienone is 1. The number of hydrogen-bond acceptors (Lipinski definition) is 2. The summed E-state index contributed by atoms with van der Waals surface area (Å²) in [7, 11) is 0. The van der Waals surface area contributed by atoms with Crippen LogP contribution in [0.3, 0.4) is 0 Å². The normalized spacial score (nSPS) is 17.8. The summed E-state index contributed by atoms with van der Waals surface area (Å²) >= 11 is 0. The lowest BCUT2D eigenvalue weighted by Crippen LogP contribution is -1.98. The fraction of sp³-hybridized carbons (Fsp3) is 0.100. The molecule has 1 heterocycles. The van der Waals surface area contributed by atoms with E-state index >= 15 is 0 Å². The zero-order chi connectivity index (χ0) is 8.55. The van der Waals surface area contributed by atoms with Gasteiger partial charge in [-0.05, 0) is 13.0 Å². The summed E-state index contributed by atoms with van der Waals surface area (Å²) in [6.07, 6.45) is 1.90. The van der Waals surface area contributed by atoms with Crippen molar-refractivity contribution in [3.63, 3.8) is 0 Å². The topological polar surface area (TPSA) is 33.1 Å². The quantitative estimate of drug-likeness (QED) is 0.619. The molecule has 2 nitrogen and oxygen atoms in total. The molecule has 0 unspecified atom stereocenters. The Morgan fingerprint density at radius 2 is 2.08 bits per heavy atom. The number of hydrogen-bond donors (Lipinski definition) is 1. The summed E-state index contributed by atoms with van der Waals surface area (Å²) in [4.78, 5) is 0. The summed E-state index contributed by atoms with van der Waals surface area (Å²) in [6, 6.07) is 7.70. The first-order valence-corrected chi connectivity index (χ1v) is 3.85. The Kier molecular flexibility index (Phi) is 1.47. The van der Waals surface area contributed by atoms with Gasteiger partial charge in [0, 0.05) is 11.1 Å². The summed E-state index contributed by atoms with van der Waals surface area (Å²) in [5, 5.41) is 7.50. The summed E-state index contributed by atoms with van der Waals surface area (Å²) in [5.74, 6) is 1.04. The molecule has 0 bridgehead atoms. The molecule has 1 aromatic rings. The van der Waals surface area contributed by atoms with Gasteiger partial charge < -0.3 is 4.74 Å². The van der Waals surface area contributed by atoms with Crippen LogP contribution in [0.5, 0.6) is 5.75 Å². The third-order valence-corrected chi connectivity index (χ3v) is 1.92. The lowest BCUT2D eigenvalue weighted by Gasteiger charge is -1.92. The Bertz CT molecular complexity index is 366. The van der Waals surface area contributed by atoms with Gasteiger partial charge in [-0.1, -0.05) is 24.3 Å². The van der Waals surface area contributed by atoms with Gasteiger partial charge >= 0.3 is 0 Å². The molecule has 60 valence electrons. The van der Waals surface area contributed by atoms with Crippen molar-refractivity contribution in [2.45, 2.75) is 6.92 Å². The molecular formula is C10H9NO. The highest BCUT2D eigenvalue weighted by Gasteiger charge is 2.21. The summed E-state index contributed by atoms with van der Waals surface area (Å²) < 4.78 is 5.23. The molecule has 0 fully saturated rings. The molecule has 2 heteroatoms. The molecule has 0 radical (unpaired) electrons. The maximum atomic E-state index is 7.50. The minimum Gasteiger partial charge on any atom is -0.438 e. The van der Waals surface area contributed by atoms with Gasteiger partial charge in [0.25, 0.3) is 0 Å². The maximum Gasteiger partial charge on any atom is 0.219 e. The van der Waals surface area contributed by atoms with Crippen LogP contribution in [0.4, 0.5) is 0 Å². The minimum atomic E-state index is 0.249. The van der Waals surface area contributed by atoms with Crippen LogP contribution < -0.4 is 4.74 Å². The molecule has 1 aliphatic heterocycles. The van der Waals surface area contributed by atoms with E-state index in [4.69, 9.17) is 10.1 Å². The smallest absolute Gasteiger partial charge is 0.219 e. The van der Waals surface area contributed by atoms with E-state index in [9.17, 15) is 0 Å². The maximum absolute atomic E-state index is 7.50. The SMILES string of the molecule is C/C=C1\C(=N)Oc2ccccc21. The molecular weight excluding hydrogens is 150 g/mol. The Hall–Kier alpha value is -1.57. The highest BCUT2D eigenvalue weighted by molar-refractivity contribution is 6.22. The Labute approximate surface area is 71.0 Å².